The highest BCUT2D eigenvalue weighted by atomic mass is 16.6. The molecular formula is C25H31NO7. The summed E-state index contributed by atoms with van der Waals surface area (Å²) >= 11 is 0. The van der Waals surface area contributed by atoms with E-state index >= 15 is 0 Å². The number of nitrogens with zero attached hydrogens (tertiary/aromatic N) is 1. The van der Waals surface area contributed by atoms with Crippen molar-refractivity contribution < 1.29 is 33.7 Å². The number of hydrogen-bond donors (Lipinski definition) is 1. The Hall–Kier alpha value is -2.97. The van der Waals surface area contributed by atoms with Crippen LogP contribution in [-0.2, 0) is 30.4 Å². The van der Waals surface area contributed by atoms with Crippen LogP contribution in [-0.4, -0.2) is 65.7 Å². The normalized spacial score (nSPS) is 21.3. The van der Waals surface area contributed by atoms with E-state index in [2.05, 4.69) is 0 Å². The van der Waals surface area contributed by atoms with Gasteiger partial charge in [0.1, 0.15) is 5.60 Å². The topological polar surface area (TPSA) is 102 Å². The van der Waals surface area contributed by atoms with Crippen LogP contribution in [0.2, 0.25) is 0 Å². The second kappa shape index (κ2) is 9.89. The minimum atomic E-state index is -0.917. The Balaban J connectivity index is 2.01. The molecule has 1 N–H and O–H groups in total. The Kier molecular flexibility index (Phi) is 7.39. The van der Waals surface area contributed by atoms with Gasteiger partial charge >= 0.3 is 6.09 Å². The summed E-state index contributed by atoms with van der Waals surface area (Å²) in [4.78, 5) is 40.9. The minimum Gasteiger partial charge on any atom is -0.492 e. The smallest absolute Gasteiger partial charge is 0.411 e. The van der Waals surface area contributed by atoms with Gasteiger partial charge in [-0.15, -0.1) is 0 Å². The van der Waals surface area contributed by atoms with Crippen molar-refractivity contribution in [3.05, 3.63) is 58.4 Å². The van der Waals surface area contributed by atoms with Crippen molar-refractivity contribution in [2.45, 2.75) is 58.4 Å². The van der Waals surface area contributed by atoms with E-state index in [1.54, 1.807) is 20.8 Å². The van der Waals surface area contributed by atoms with E-state index in [1.807, 2.05) is 30.3 Å². The molecule has 0 bridgehead atoms. The first-order valence-electron chi connectivity index (χ1n) is 10.9. The van der Waals surface area contributed by atoms with Gasteiger partial charge in [0.05, 0.1) is 39.0 Å². The average molecular weight is 458 g/mol. The van der Waals surface area contributed by atoms with Gasteiger partial charge in [0.2, 0.25) is 5.78 Å². The van der Waals surface area contributed by atoms with E-state index in [-0.39, 0.29) is 47.9 Å². The molecule has 2 aliphatic rings. The molecule has 1 aromatic carbocycles. The molecule has 33 heavy (non-hydrogen) atoms. The Morgan fingerprint density at radius 2 is 1.82 bits per heavy atom. The number of ether oxygens (including phenoxy) is 3. The zero-order valence-corrected chi connectivity index (χ0v) is 19.7. The lowest BCUT2D eigenvalue weighted by Gasteiger charge is -2.44. The largest absolute Gasteiger partial charge is 0.492 e. The van der Waals surface area contributed by atoms with Crippen LogP contribution in [0.1, 0.15) is 39.7 Å². The minimum absolute atomic E-state index is 0.0408. The molecule has 1 amide bonds. The van der Waals surface area contributed by atoms with Gasteiger partial charge in [-0.3, -0.25) is 14.5 Å². The predicted octanol–water partition coefficient (Wildman–Crippen LogP) is 2.94. The van der Waals surface area contributed by atoms with E-state index < -0.39 is 36.2 Å². The highest BCUT2D eigenvalue weighted by Crippen LogP contribution is 2.37. The molecule has 0 saturated carbocycles. The first kappa shape index (κ1) is 24.7. The Labute approximate surface area is 193 Å². The first-order valence-corrected chi connectivity index (χ1v) is 10.9. The molecule has 8 nitrogen and oxygen atoms in total. The van der Waals surface area contributed by atoms with Gasteiger partial charge < -0.3 is 19.3 Å². The van der Waals surface area contributed by atoms with Crippen molar-refractivity contribution >= 4 is 17.7 Å². The number of aliphatic hydroxyl groups excluding tert-OH is 1. The molecule has 1 aliphatic carbocycles. The maximum atomic E-state index is 13.3. The molecule has 3 rings (SSSR count). The van der Waals surface area contributed by atoms with E-state index in [1.165, 1.54) is 18.9 Å². The Bertz CT molecular complexity index is 988. The van der Waals surface area contributed by atoms with Crippen molar-refractivity contribution in [3.63, 3.8) is 0 Å². The number of amides is 1. The quantitative estimate of drug-likeness (QED) is 0.655. The maximum Gasteiger partial charge on any atom is 0.411 e. The average Bonchev–Trinajstić information content (AvgIpc) is 2.76. The third-order valence-electron chi connectivity index (χ3n) is 5.64. The van der Waals surface area contributed by atoms with Crippen molar-refractivity contribution in [3.8, 4) is 0 Å². The Morgan fingerprint density at radius 3 is 2.39 bits per heavy atom. The molecule has 0 unspecified atom stereocenters. The summed E-state index contributed by atoms with van der Waals surface area (Å²) in [6.07, 6.45) is -0.647. The third kappa shape index (κ3) is 5.17. The van der Waals surface area contributed by atoms with Crippen molar-refractivity contribution in [2.24, 2.45) is 0 Å². The SMILES string of the molecule is COC1=C(C)C(=O)C2=C(C1=O)[C@H](COCc1ccccc1)N(C(=O)OC(C)(C)C)[C@H](CO)C2. The third-order valence-corrected chi connectivity index (χ3v) is 5.64. The molecular weight excluding hydrogens is 426 g/mol. The lowest BCUT2D eigenvalue weighted by atomic mass is 9.78. The van der Waals surface area contributed by atoms with Crippen molar-refractivity contribution in [1.82, 2.24) is 4.90 Å². The van der Waals surface area contributed by atoms with Gasteiger partial charge in [-0.05, 0) is 39.7 Å². The number of benzene rings is 1. The highest BCUT2D eigenvalue weighted by Gasteiger charge is 2.48. The summed E-state index contributed by atoms with van der Waals surface area (Å²) in [5, 5.41) is 10.1. The van der Waals surface area contributed by atoms with Gasteiger partial charge in [0, 0.05) is 16.7 Å². The summed E-state index contributed by atoms with van der Waals surface area (Å²) in [6.45, 7) is 6.54. The van der Waals surface area contributed by atoms with Crippen LogP contribution in [0.15, 0.2) is 52.8 Å². The second-order valence-electron chi connectivity index (χ2n) is 9.15. The van der Waals surface area contributed by atoms with Crippen LogP contribution in [0.4, 0.5) is 4.79 Å². The van der Waals surface area contributed by atoms with Crippen molar-refractivity contribution in [1.29, 1.82) is 0 Å². The Morgan fingerprint density at radius 1 is 1.15 bits per heavy atom. The molecule has 1 aromatic rings. The molecule has 0 aromatic heterocycles. The zero-order chi connectivity index (χ0) is 24.3. The molecule has 0 radical (unpaired) electrons. The number of carbonyl (C=O) groups is 3. The maximum absolute atomic E-state index is 13.3. The fourth-order valence-electron chi connectivity index (χ4n) is 4.18. The highest BCUT2D eigenvalue weighted by molar-refractivity contribution is 6.25. The van der Waals surface area contributed by atoms with Crippen LogP contribution >= 0.6 is 0 Å². The fraction of sp³-hybridized carbons (Fsp3) is 0.480. The lowest BCUT2D eigenvalue weighted by molar-refractivity contribution is -0.120. The molecule has 0 saturated heterocycles. The van der Waals surface area contributed by atoms with Gasteiger partial charge in [-0.25, -0.2) is 4.79 Å². The monoisotopic (exact) mass is 457 g/mol. The summed E-state index contributed by atoms with van der Waals surface area (Å²) in [5.74, 6) is -0.821. The first-order chi connectivity index (χ1) is 15.6. The standard InChI is InChI=1S/C25H31NO7/c1-15-21(28)18-11-17(12-27)26(24(30)33-25(2,3)4)19(20(18)22(29)23(15)31-5)14-32-13-16-9-7-6-8-10-16/h6-10,17,19,27H,11-14H2,1-5H3/t17-,19-/m0/s1. The summed E-state index contributed by atoms with van der Waals surface area (Å²) < 4.78 is 16.7. The number of aliphatic hydroxyl groups is 1. The van der Waals surface area contributed by atoms with Gasteiger partial charge in [-0.1, -0.05) is 30.3 Å². The molecule has 0 fully saturated rings. The zero-order valence-electron chi connectivity index (χ0n) is 19.7. The van der Waals surface area contributed by atoms with Crippen LogP contribution in [0.3, 0.4) is 0 Å². The number of ketones is 2. The van der Waals surface area contributed by atoms with Crippen LogP contribution < -0.4 is 0 Å². The van der Waals surface area contributed by atoms with E-state index in [0.717, 1.165) is 5.56 Å². The van der Waals surface area contributed by atoms with Crippen LogP contribution in [0, 0.1) is 0 Å². The second-order valence-corrected chi connectivity index (χ2v) is 9.15. The number of hydrogen-bond acceptors (Lipinski definition) is 7. The summed E-state index contributed by atoms with van der Waals surface area (Å²) in [7, 11) is 1.33. The van der Waals surface area contributed by atoms with E-state index in [0.29, 0.717) is 0 Å². The van der Waals surface area contributed by atoms with Gasteiger partial charge in [0.15, 0.2) is 11.5 Å². The fourth-order valence-corrected chi connectivity index (χ4v) is 4.18. The number of carbonyl (C=O) groups excluding carboxylic acids is 3. The van der Waals surface area contributed by atoms with Crippen molar-refractivity contribution in [2.75, 3.05) is 20.3 Å². The number of Topliss-reactive ketones (excluding diaryl/α,β-unsaturated/α-hetero) is 2. The predicted molar refractivity (Wildman–Crippen MR) is 120 cm³/mol. The molecule has 178 valence electrons. The molecule has 8 heteroatoms. The van der Waals surface area contributed by atoms with E-state index in [4.69, 9.17) is 14.2 Å². The van der Waals surface area contributed by atoms with E-state index in [9.17, 15) is 19.5 Å². The number of rotatable bonds is 6. The van der Waals surface area contributed by atoms with Gasteiger partial charge in [-0.2, -0.15) is 0 Å². The summed E-state index contributed by atoms with van der Waals surface area (Å²) in [5.41, 5.74) is 0.787. The number of allylic oxidation sites excluding steroid dienone is 2. The molecule has 0 spiro atoms. The van der Waals surface area contributed by atoms with Crippen LogP contribution in [0.25, 0.3) is 0 Å². The summed E-state index contributed by atoms with van der Waals surface area (Å²) in [6, 6.07) is 7.81. The van der Waals surface area contributed by atoms with Gasteiger partial charge in [0.25, 0.3) is 0 Å². The number of methoxy groups -OCH3 is 1. The lowest BCUT2D eigenvalue weighted by Crippen LogP contribution is -2.57. The molecule has 2 atom stereocenters. The van der Waals surface area contributed by atoms with Crippen LogP contribution in [0.5, 0.6) is 0 Å². The molecule has 1 heterocycles. The molecule has 1 aliphatic heterocycles.